The van der Waals surface area contributed by atoms with Crippen LogP contribution in [-0.2, 0) is 47.2 Å². The first-order valence-corrected chi connectivity index (χ1v) is 16.8. The zero-order valence-corrected chi connectivity index (χ0v) is 26.5. The molecule has 2 rings (SSSR count). The van der Waals surface area contributed by atoms with E-state index in [1.165, 1.54) is 0 Å². The van der Waals surface area contributed by atoms with Crippen LogP contribution in [0.3, 0.4) is 0 Å². The van der Waals surface area contributed by atoms with E-state index in [0.717, 1.165) is 12.6 Å². The Morgan fingerprint density at radius 1 is 0.814 bits per heavy atom. The van der Waals surface area contributed by atoms with Crippen molar-refractivity contribution in [1.29, 1.82) is 0 Å². The van der Waals surface area contributed by atoms with E-state index in [2.05, 4.69) is 28.2 Å². The third-order valence-corrected chi connectivity index (χ3v) is 10.2. The zero-order valence-electron chi connectivity index (χ0n) is 25.7. The minimum atomic E-state index is -1.60. The van der Waals surface area contributed by atoms with Crippen LogP contribution in [0.15, 0.2) is 0 Å². The molecule has 3 atom stereocenters. The minimum Gasteiger partial charge on any atom is -0.380 e. The summed E-state index contributed by atoms with van der Waals surface area (Å²) in [7, 11) is 0.0352. The van der Waals surface area contributed by atoms with E-state index in [1.54, 1.807) is 12.0 Å². The number of hydrogen-bond acceptors (Lipinski definition) is 10. The fourth-order valence-electron chi connectivity index (χ4n) is 4.30. The van der Waals surface area contributed by atoms with E-state index in [9.17, 15) is 24.0 Å². The number of rotatable bonds is 23. The molecule has 15 nitrogen and oxygen atoms in total. The number of unbranched alkanes of at least 4 members (excludes halogenated alkanes) is 1. The van der Waals surface area contributed by atoms with Gasteiger partial charge in [-0.05, 0) is 26.2 Å². The Morgan fingerprint density at radius 2 is 1.37 bits per heavy atom. The summed E-state index contributed by atoms with van der Waals surface area (Å²) in [6.45, 7) is 6.86. The lowest BCUT2D eigenvalue weighted by Crippen LogP contribution is -2.44. The summed E-state index contributed by atoms with van der Waals surface area (Å²) in [5.41, 5.74) is 0. The number of nitrogens with one attached hydrogen (secondary N) is 4. The van der Waals surface area contributed by atoms with Crippen molar-refractivity contribution in [2.24, 2.45) is 0 Å². The van der Waals surface area contributed by atoms with E-state index in [0.29, 0.717) is 65.4 Å². The molecule has 43 heavy (non-hydrogen) atoms. The fourth-order valence-corrected chi connectivity index (χ4v) is 6.58. The molecule has 0 spiro atoms. The summed E-state index contributed by atoms with van der Waals surface area (Å²) in [5, 5.41) is 9.89. The second kappa shape index (κ2) is 20.5. The zero-order chi connectivity index (χ0) is 31.5. The molecule has 246 valence electrons. The molecule has 2 heterocycles. The highest BCUT2D eigenvalue weighted by atomic mass is 31.2. The van der Waals surface area contributed by atoms with E-state index in [4.69, 9.17) is 23.3 Å². The third-order valence-electron chi connectivity index (χ3n) is 6.97. The number of carbonyl (C=O) groups is 5. The van der Waals surface area contributed by atoms with Crippen LogP contribution in [0, 0.1) is 0 Å². The van der Waals surface area contributed by atoms with Crippen LogP contribution in [0.25, 0.3) is 0 Å². The Bertz CT molecular complexity index is 909. The van der Waals surface area contributed by atoms with Gasteiger partial charge in [0.2, 0.25) is 29.5 Å². The van der Waals surface area contributed by atoms with Gasteiger partial charge in [-0.3, -0.25) is 24.0 Å². The highest BCUT2D eigenvalue weighted by molar-refractivity contribution is 7.72. The van der Waals surface area contributed by atoms with Crippen LogP contribution in [0.4, 0.5) is 0 Å². The Balaban J connectivity index is 1.36. The summed E-state index contributed by atoms with van der Waals surface area (Å²) in [6.07, 6.45) is 3.51. The molecule has 0 aromatic heterocycles. The predicted octanol–water partition coefficient (Wildman–Crippen LogP) is -0.448. The average Bonchev–Trinajstić information content (AvgIpc) is 3.39. The number of hydrogen-bond donors (Lipinski definition) is 4. The number of amides is 5. The lowest BCUT2D eigenvalue weighted by atomic mass is 10.1. The third kappa shape index (κ3) is 15.2. The highest BCUT2D eigenvalue weighted by Gasteiger charge is 2.66. The quantitative estimate of drug-likeness (QED) is 0.0652. The number of carbonyl (C=O) groups excluding carboxylic acids is 5. The maximum absolute atomic E-state index is 12.2. The van der Waals surface area contributed by atoms with Gasteiger partial charge in [-0.2, -0.15) is 4.52 Å². The standard InChI is InChI=1S/C27H48N5O10P/c1-4-43(21(2)42-43)41-16-15-40-14-13-39-12-10-28-24(34)17-30-26(36)19-31-25(35)18-29-23(33)7-5-6-8-27(37)32-11-9-22(20-32)38-3/h21-22H,4-20H2,1-3H3,(H3-,28,29,30,31,33,34,35,36)/p+1/t21?,22-,43?/m0/s1. The molecule has 2 aliphatic rings. The molecule has 0 aromatic rings. The van der Waals surface area contributed by atoms with Gasteiger partial charge in [0.15, 0.2) is 0 Å². The maximum Gasteiger partial charge on any atom is 0.313 e. The first-order valence-electron chi connectivity index (χ1n) is 14.9. The van der Waals surface area contributed by atoms with E-state index in [-0.39, 0.29) is 56.4 Å². The number of methoxy groups -OCH3 is 1. The molecule has 0 aromatic carbocycles. The molecule has 4 N–H and O–H groups in total. The van der Waals surface area contributed by atoms with Crippen molar-refractivity contribution in [3.05, 3.63) is 0 Å². The first kappa shape index (κ1) is 36.8. The lowest BCUT2D eigenvalue weighted by molar-refractivity contribution is -0.131. The molecule has 0 radical (unpaired) electrons. The summed E-state index contributed by atoms with van der Waals surface area (Å²) in [6, 6.07) is 0. The fraction of sp³-hybridized carbons (Fsp3) is 0.815. The molecular weight excluding hydrogens is 585 g/mol. The molecule has 2 fully saturated rings. The van der Waals surface area contributed by atoms with Crippen LogP contribution in [-0.4, -0.2) is 132 Å². The van der Waals surface area contributed by atoms with Crippen molar-refractivity contribution in [3.8, 4) is 0 Å². The molecule has 0 bridgehead atoms. The molecule has 2 unspecified atom stereocenters. The van der Waals surface area contributed by atoms with Crippen molar-refractivity contribution in [3.63, 3.8) is 0 Å². The maximum atomic E-state index is 12.2. The Labute approximate surface area is 254 Å². The van der Waals surface area contributed by atoms with Crippen LogP contribution in [0.5, 0.6) is 0 Å². The molecule has 2 saturated heterocycles. The number of nitrogens with zero attached hydrogens (tertiary/aromatic N) is 1. The highest BCUT2D eigenvalue weighted by Crippen LogP contribution is 2.80. The van der Waals surface area contributed by atoms with Gasteiger partial charge in [0.25, 0.3) is 5.85 Å². The van der Waals surface area contributed by atoms with Crippen LogP contribution in [0.1, 0.15) is 46.0 Å². The minimum absolute atomic E-state index is 0.0590. The van der Waals surface area contributed by atoms with E-state index < -0.39 is 25.4 Å². The van der Waals surface area contributed by atoms with Gasteiger partial charge in [-0.25, -0.2) is 4.52 Å². The van der Waals surface area contributed by atoms with E-state index in [1.807, 2.05) is 6.92 Å². The van der Waals surface area contributed by atoms with Crippen molar-refractivity contribution in [2.75, 3.05) is 85.6 Å². The van der Waals surface area contributed by atoms with Gasteiger partial charge in [0, 0.05) is 46.5 Å². The van der Waals surface area contributed by atoms with Crippen molar-refractivity contribution in [1.82, 2.24) is 26.2 Å². The first-order chi connectivity index (χ1) is 20.7. The predicted molar refractivity (Wildman–Crippen MR) is 158 cm³/mol. The van der Waals surface area contributed by atoms with E-state index >= 15 is 0 Å². The van der Waals surface area contributed by atoms with Crippen molar-refractivity contribution >= 4 is 37.3 Å². The summed E-state index contributed by atoms with van der Waals surface area (Å²) in [5.74, 6) is -1.49. The molecule has 5 amide bonds. The molecule has 0 saturated carbocycles. The normalized spacial score (nSPS) is 20.9. The number of likely N-dealkylation sites (tertiary alicyclic amines) is 1. The molecule has 16 heteroatoms. The van der Waals surface area contributed by atoms with Gasteiger partial charge in [-0.15, -0.1) is 0 Å². The van der Waals surface area contributed by atoms with Gasteiger partial charge < -0.3 is 40.4 Å². The topological polar surface area (TPSA) is 186 Å². The Kier molecular flexibility index (Phi) is 17.5. The SMILES string of the molecule is CC[P+]1(OCCOCCOCCNC(=O)CNC(=O)CNC(=O)CNC(=O)CCCCC(=O)N2CC[C@H](OC)C2)OC1C. The monoisotopic (exact) mass is 634 g/mol. The van der Waals surface area contributed by atoms with Crippen molar-refractivity contribution < 1.29 is 47.2 Å². The summed E-state index contributed by atoms with van der Waals surface area (Å²) in [4.78, 5) is 61.5. The van der Waals surface area contributed by atoms with Crippen LogP contribution < -0.4 is 21.3 Å². The van der Waals surface area contributed by atoms with Gasteiger partial charge in [0.05, 0.1) is 52.2 Å². The van der Waals surface area contributed by atoms with Gasteiger partial charge in [-0.1, -0.05) is 0 Å². The smallest absolute Gasteiger partial charge is 0.313 e. The lowest BCUT2D eigenvalue weighted by Gasteiger charge is -2.15. The van der Waals surface area contributed by atoms with Gasteiger partial charge >= 0.3 is 7.72 Å². The van der Waals surface area contributed by atoms with Crippen LogP contribution >= 0.6 is 7.72 Å². The van der Waals surface area contributed by atoms with Crippen LogP contribution in [0.2, 0.25) is 0 Å². The molecule has 2 aliphatic heterocycles. The Morgan fingerprint density at radius 3 is 1.95 bits per heavy atom. The summed E-state index contributed by atoms with van der Waals surface area (Å²) < 4.78 is 27.5. The largest absolute Gasteiger partial charge is 0.380 e. The average molecular weight is 635 g/mol. The molecule has 0 aliphatic carbocycles. The summed E-state index contributed by atoms with van der Waals surface area (Å²) >= 11 is 0. The second-order valence-electron chi connectivity index (χ2n) is 10.2. The Hall–Kier alpha value is -2.42. The molecular formula is C27H49N5O10P+. The van der Waals surface area contributed by atoms with Gasteiger partial charge in [0.1, 0.15) is 12.8 Å². The number of ether oxygens (including phenoxy) is 3. The second-order valence-corrected chi connectivity index (χ2v) is 13.5. The van der Waals surface area contributed by atoms with Crippen molar-refractivity contribution in [2.45, 2.75) is 57.9 Å².